The van der Waals surface area contributed by atoms with Crippen molar-refractivity contribution < 1.29 is 4.79 Å². The number of carbonyl (C=O) groups excluding carboxylic acids is 1. The van der Waals surface area contributed by atoms with Gasteiger partial charge in [-0.2, -0.15) is 0 Å². The molecule has 5 nitrogen and oxygen atoms in total. The molecule has 1 amide bonds. The van der Waals surface area contributed by atoms with Crippen molar-refractivity contribution in [1.29, 1.82) is 0 Å². The Kier molecular flexibility index (Phi) is 4.86. The van der Waals surface area contributed by atoms with Gasteiger partial charge in [-0.15, -0.1) is 0 Å². The third-order valence-electron chi connectivity index (χ3n) is 4.07. The average Bonchev–Trinajstić information content (AvgIpc) is 3.06. The Hall–Kier alpha value is -2.43. The number of rotatable bonds is 5. The molecule has 0 aliphatic heterocycles. The van der Waals surface area contributed by atoms with E-state index in [-0.39, 0.29) is 5.91 Å². The van der Waals surface area contributed by atoms with Crippen LogP contribution in [0, 0.1) is 6.92 Å². The number of benzene rings is 1. The molecule has 3 rings (SSSR count). The number of amides is 1. The molecule has 0 unspecified atom stereocenters. The maximum absolute atomic E-state index is 12.3. The van der Waals surface area contributed by atoms with E-state index in [1.807, 2.05) is 37.3 Å². The second-order valence-corrected chi connectivity index (χ2v) is 6.01. The normalized spacial score (nSPS) is 14.7. The number of carbonyl (C=O) groups is 1. The summed E-state index contributed by atoms with van der Waals surface area (Å²) in [4.78, 5) is 21.1. The van der Waals surface area contributed by atoms with Crippen LogP contribution >= 0.6 is 0 Å². The van der Waals surface area contributed by atoms with E-state index in [0.29, 0.717) is 24.2 Å². The molecule has 1 saturated carbocycles. The summed E-state index contributed by atoms with van der Waals surface area (Å²) in [5.74, 6) is 0.385. The fraction of sp³-hybridized carbons (Fsp3) is 0.389. The van der Waals surface area contributed by atoms with Crippen LogP contribution in [0.1, 0.15) is 47.4 Å². The van der Waals surface area contributed by atoms with E-state index < -0.39 is 0 Å². The van der Waals surface area contributed by atoms with Crippen LogP contribution in [0.25, 0.3) is 0 Å². The molecule has 1 aliphatic carbocycles. The number of anilines is 1. The van der Waals surface area contributed by atoms with E-state index >= 15 is 0 Å². The maximum atomic E-state index is 12.3. The fourth-order valence-electron chi connectivity index (χ4n) is 2.87. The topological polar surface area (TPSA) is 66.9 Å². The molecule has 0 spiro atoms. The van der Waals surface area contributed by atoms with Crippen molar-refractivity contribution in [3.05, 3.63) is 53.3 Å². The van der Waals surface area contributed by atoms with Crippen molar-refractivity contribution in [2.45, 2.75) is 45.2 Å². The number of nitrogens with zero attached hydrogens (tertiary/aromatic N) is 2. The van der Waals surface area contributed by atoms with E-state index in [9.17, 15) is 4.79 Å². The monoisotopic (exact) mass is 310 g/mol. The second-order valence-electron chi connectivity index (χ2n) is 6.01. The van der Waals surface area contributed by atoms with E-state index in [0.717, 1.165) is 24.1 Å². The van der Waals surface area contributed by atoms with E-state index in [1.54, 1.807) is 6.07 Å². The van der Waals surface area contributed by atoms with Gasteiger partial charge in [0.05, 0.1) is 0 Å². The van der Waals surface area contributed by atoms with Gasteiger partial charge in [0, 0.05) is 18.3 Å². The second kappa shape index (κ2) is 7.22. The molecule has 1 aliphatic rings. The minimum Gasteiger partial charge on any atom is -0.351 e. The molecule has 120 valence electrons. The molecule has 23 heavy (non-hydrogen) atoms. The molecule has 0 saturated heterocycles. The van der Waals surface area contributed by atoms with Crippen molar-refractivity contribution in [3.63, 3.8) is 0 Å². The third kappa shape index (κ3) is 4.28. The van der Waals surface area contributed by atoms with Gasteiger partial charge in [0.2, 0.25) is 5.95 Å². The van der Waals surface area contributed by atoms with E-state index in [1.165, 1.54) is 12.8 Å². The van der Waals surface area contributed by atoms with Crippen molar-refractivity contribution >= 4 is 11.9 Å². The van der Waals surface area contributed by atoms with Crippen molar-refractivity contribution in [2.75, 3.05) is 5.32 Å². The lowest BCUT2D eigenvalue weighted by molar-refractivity contribution is 0.0945. The summed E-state index contributed by atoms with van der Waals surface area (Å²) < 4.78 is 0. The van der Waals surface area contributed by atoms with Crippen LogP contribution in [0.2, 0.25) is 0 Å². The highest BCUT2D eigenvalue weighted by atomic mass is 16.1. The number of hydrogen-bond acceptors (Lipinski definition) is 4. The summed E-state index contributed by atoms with van der Waals surface area (Å²) in [6, 6.07) is 12.0. The van der Waals surface area contributed by atoms with Gasteiger partial charge >= 0.3 is 0 Å². The maximum Gasteiger partial charge on any atom is 0.270 e. The SMILES string of the molecule is Cc1cc(C(=O)NCc2ccccc2)nc(NC2CCCC2)n1. The Bertz CT molecular complexity index is 666. The van der Waals surface area contributed by atoms with Crippen molar-refractivity contribution in [3.8, 4) is 0 Å². The molecule has 0 bridgehead atoms. The molecule has 1 fully saturated rings. The van der Waals surface area contributed by atoms with Crippen LogP contribution < -0.4 is 10.6 Å². The smallest absolute Gasteiger partial charge is 0.270 e. The van der Waals surface area contributed by atoms with Crippen LogP contribution in [-0.4, -0.2) is 21.9 Å². The summed E-state index contributed by atoms with van der Waals surface area (Å²) in [5, 5.41) is 6.25. The molecular formula is C18H22N4O. The lowest BCUT2D eigenvalue weighted by Crippen LogP contribution is -2.25. The highest BCUT2D eigenvalue weighted by molar-refractivity contribution is 5.92. The third-order valence-corrected chi connectivity index (χ3v) is 4.07. The van der Waals surface area contributed by atoms with E-state index in [4.69, 9.17) is 0 Å². The summed E-state index contributed by atoms with van der Waals surface area (Å²) in [6.45, 7) is 2.38. The summed E-state index contributed by atoms with van der Waals surface area (Å²) >= 11 is 0. The Morgan fingerprint density at radius 2 is 1.91 bits per heavy atom. The first-order chi connectivity index (χ1) is 11.2. The predicted molar refractivity (Wildman–Crippen MR) is 90.3 cm³/mol. The van der Waals surface area contributed by atoms with Crippen LogP contribution in [0.5, 0.6) is 0 Å². The van der Waals surface area contributed by atoms with Crippen LogP contribution in [0.3, 0.4) is 0 Å². The zero-order chi connectivity index (χ0) is 16.1. The van der Waals surface area contributed by atoms with Gasteiger partial charge < -0.3 is 10.6 Å². The number of aromatic nitrogens is 2. The molecule has 0 atom stereocenters. The molecular weight excluding hydrogens is 288 g/mol. The first kappa shape index (κ1) is 15.5. The lowest BCUT2D eigenvalue weighted by Gasteiger charge is -2.13. The van der Waals surface area contributed by atoms with Crippen LogP contribution in [-0.2, 0) is 6.54 Å². The Labute approximate surface area is 136 Å². The first-order valence-corrected chi connectivity index (χ1v) is 8.15. The quantitative estimate of drug-likeness (QED) is 0.890. The van der Waals surface area contributed by atoms with Crippen molar-refractivity contribution in [2.24, 2.45) is 0 Å². The summed E-state index contributed by atoms with van der Waals surface area (Å²) in [5.41, 5.74) is 2.27. The highest BCUT2D eigenvalue weighted by Crippen LogP contribution is 2.21. The van der Waals surface area contributed by atoms with Crippen LogP contribution in [0.4, 0.5) is 5.95 Å². The molecule has 1 aromatic heterocycles. The number of nitrogens with one attached hydrogen (secondary N) is 2. The average molecular weight is 310 g/mol. The van der Waals surface area contributed by atoms with Gasteiger partial charge in [-0.1, -0.05) is 43.2 Å². The standard InChI is InChI=1S/C18H22N4O/c1-13-11-16(17(23)19-12-14-7-3-2-4-8-14)22-18(20-13)21-15-9-5-6-10-15/h2-4,7-8,11,15H,5-6,9-10,12H2,1H3,(H,19,23)(H,20,21,22). The van der Waals surface area contributed by atoms with Gasteiger partial charge in [-0.05, 0) is 31.4 Å². The molecule has 1 aromatic carbocycles. The van der Waals surface area contributed by atoms with Crippen LogP contribution in [0.15, 0.2) is 36.4 Å². The number of aryl methyl sites for hydroxylation is 1. The minimum absolute atomic E-state index is 0.172. The van der Waals surface area contributed by atoms with Gasteiger partial charge in [-0.3, -0.25) is 4.79 Å². The molecule has 2 N–H and O–H groups in total. The van der Waals surface area contributed by atoms with Gasteiger partial charge in [-0.25, -0.2) is 9.97 Å². The Balaban J connectivity index is 1.66. The lowest BCUT2D eigenvalue weighted by atomic mass is 10.2. The van der Waals surface area contributed by atoms with Gasteiger partial charge in [0.1, 0.15) is 5.69 Å². The minimum atomic E-state index is -0.172. The zero-order valence-corrected chi connectivity index (χ0v) is 13.4. The van der Waals surface area contributed by atoms with Crippen molar-refractivity contribution in [1.82, 2.24) is 15.3 Å². The molecule has 2 aromatic rings. The molecule has 5 heteroatoms. The van der Waals surface area contributed by atoms with Gasteiger partial charge in [0.25, 0.3) is 5.91 Å². The highest BCUT2D eigenvalue weighted by Gasteiger charge is 2.17. The Morgan fingerprint density at radius 1 is 1.17 bits per heavy atom. The molecule has 0 radical (unpaired) electrons. The number of hydrogen-bond donors (Lipinski definition) is 2. The van der Waals surface area contributed by atoms with Gasteiger partial charge in [0.15, 0.2) is 0 Å². The molecule has 1 heterocycles. The summed E-state index contributed by atoms with van der Waals surface area (Å²) in [7, 11) is 0. The largest absolute Gasteiger partial charge is 0.351 e. The fourth-order valence-corrected chi connectivity index (χ4v) is 2.87. The Morgan fingerprint density at radius 3 is 2.65 bits per heavy atom. The van der Waals surface area contributed by atoms with E-state index in [2.05, 4.69) is 20.6 Å². The predicted octanol–water partition coefficient (Wildman–Crippen LogP) is 3.07. The summed E-state index contributed by atoms with van der Waals surface area (Å²) in [6.07, 6.45) is 4.78. The zero-order valence-electron chi connectivity index (χ0n) is 13.4. The first-order valence-electron chi connectivity index (χ1n) is 8.15.